The molecule has 6 nitrogen and oxygen atoms in total. The minimum atomic E-state index is -1.27. The van der Waals surface area contributed by atoms with Crippen LogP contribution in [0, 0.1) is 29.2 Å². The summed E-state index contributed by atoms with van der Waals surface area (Å²) in [5, 5.41) is 4.51. The molecule has 2 aromatic rings. The standard InChI is InChI=1S/C21H18F4N2O4/c1-2-11(9-26-20(30)18(28)14-7-12(22)3-5-16(14)24)10-27-21(31)19(29)15-8-13(23)4-6-17(15)25/h3-8,11H,2,9-10H2,1H3,(H,26,30)(H,27,31). The van der Waals surface area contributed by atoms with E-state index in [0.29, 0.717) is 18.6 Å². The van der Waals surface area contributed by atoms with Gasteiger partial charge in [0, 0.05) is 13.1 Å². The first-order valence-electron chi connectivity index (χ1n) is 9.19. The van der Waals surface area contributed by atoms with Gasteiger partial charge in [-0.3, -0.25) is 19.2 Å². The van der Waals surface area contributed by atoms with E-state index >= 15 is 0 Å². The molecule has 0 heterocycles. The lowest BCUT2D eigenvalue weighted by Crippen LogP contribution is -2.40. The highest BCUT2D eigenvalue weighted by Gasteiger charge is 2.23. The zero-order valence-corrected chi connectivity index (χ0v) is 16.3. The Balaban J connectivity index is 1.92. The van der Waals surface area contributed by atoms with Crippen molar-refractivity contribution in [1.29, 1.82) is 0 Å². The first-order valence-corrected chi connectivity index (χ1v) is 9.19. The van der Waals surface area contributed by atoms with E-state index in [1.54, 1.807) is 6.92 Å². The topological polar surface area (TPSA) is 92.3 Å². The van der Waals surface area contributed by atoms with Gasteiger partial charge in [-0.2, -0.15) is 0 Å². The van der Waals surface area contributed by atoms with Crippen LogP contribution in [0.3, 0.4) is 0 Å². The molecule has 2 aromatic carbocycles. The van der Waals surface area contributed by atoms with Crippen molar-refractivity contribution in [3.63, 3.8) is 0 Å². The lowest BCUT2D eigenvalue weighted by molar-refractivity contribution is -0.117. The van der Waals surface area contributed by atoms with Gasteiger partial charge in [0.25, 0.3) is 23.4 Å². The van der Waals surface area contributed by atoms with Crippen molar-refractivity contribution in [3.05, 3.63) is 70.8 Å². The molecule has 0 aromatic heterocycles. The fourth-order valence-corrected chi connectivity index (χ4v) is 2.58. The quantitative estimate of drug-likeness (QED) is 0.358. The summed E-state index contributed by atoms with van der Waals surface area (Å²) in [4.78, 5) is 47.9. The molecule has 2 N–H and O–H groups in total. The van der Waals surface area contributed by atoms with E-state index in [-0.39, 0.29) is 13.1 Å². The van der Waals surface area contributed by atoms with Crippen LogP contribution in [0.5, 0.6) is 0 Å². The van der Waals surface area contributed by atoms with Gasteiger partial charge in [-0.1, -0.05) is 6.92 Å². The Morgan fingerprint density at radius 1 is 0.742 bits per heavy atom. The number of hydrogen-bond donors (Lipinski definition) is 2. The molecule has 2 amide bonds. The maximum atomic E-state index is 13.6. The minimum absolute atomic E-state index is 0.124. The van der Waals surface area contributed by atoms with Crippen LogP contribution >= 0.6 is 0 Å². The average Bonchev–Trinajstić information content (AvgIpc) is 2.75. The molecule has 164 valence electrons. The molecule has 0 bridgehead atoms. The second-order valence-corrected chi connectivity index (χ2v) is 6.60. The van der Waals surface area contributed by atoms with Gasteiger partial charge in [-0.25, -0.2) is 17.6 Å². The minimum Gasteiger partial charge on any atom is -0.349 e. The smallest absolute Gasteiger partial charge is 0.292 e. The number of carbonyl (C=O) groups excluding carboxylic acids is 4. The van der Waals surface area contributed by atoms with Crippen LogP contribution in [0.2, 0.25) is 0 Å². The highest BCUT2D eigenvalue weighted by atomic mass is 19.1. The summed E-state index contributed by atoms with van der Waals surface area (Å²) in [6.07, 6.45) is 0.394. The van der Waals surface area contributed by atoms with E-state index in [0.717, 1.165) is 24.3 Å². The fourth-order valence-electron chi connectivity index (χ4n) is 2.58. The van der Waals surface area contributed by atoms with Crippen LogP contribution in [-0.4, -0.2) is 36.5 Å². The second kappa shape index (κ2) is 10.5. The van der Waals surface area contributed by atoms with Gasteiger partial charge in [0.05, 0.1) is 11.1 Å². The summed E-state index contributed by atoms with van der Waals surface area (Å²) in [6.45, 7) is 1.45. The zero-order chi connectivity index (χ0) is 23.1. The van der Waals surface area contributed by atoms with E-state index in [1.807, 2.05) is 0 Å². The van der Waals surface area contributed by atoms with Gasteiger partial charge in [0.1, 0.15) is 23.3 Å². The highest BCUT2D eigenvalue weighted by molar-refractivity contribution is 6.43. The van der Waals surface area contributed by atoms with Crippen LogP contribution in [-0.2, 0) is 9.59 Å². The van der Waals surface area contributed by atoms with Crippen LogP contribution in [0.15, 0.2) is 36.4 Å². The molecule has 0 fully saturated rings. The number of carbonyl (C=O) groups is 4. The van der Waals surface area contributed by atoms with E-state index in [9.17, 15) is 36.7 Å². The maximum Gasteiger partial charge on any atom is 0.292 e. The Hall–Kier alpha value is -3.56. The Morgan fingerprint density at radius 3 is 1.48 bits per heavy atom. The molecule has 0 unspecified atom stereocenters. The molecule has 0 spiro atoms. The Kier molecular flexibility index (Phi) is 8.00. The van der Waals surface area contributed by atoms with E-state index in [4.69, 9.17) is 0 Å². The van der Waals surface area contributed by atoms with Gasteiger partial charge >= 0.3 is 0 Å². The summed E-state index contributed by atoms with van der Waals surface area (Å²) >= 11 is 0. The third-order valence-corrected chi connectivity index (χ3v) is 4.44. The van der Waals surface area contributed by atoms with Crippen LogP contribution in [0.25, 0.3) is 0 Å². The third-order valence-electron chi connectivity index (χ3n) is 4.44. The number of benzene rings is 2. The number of ketones is 2. The fraction of sp³-hybridized carbons (Fsp3) is 0.238. The number of Topliss-reactive ketones (excluding diaryl/α,β-unsaturated/α-hetero) is 2. The monoisotopic (exact) mass is 438 g/mol. The van der Waals surface area contributed by atoms with Gasteiger partial charge < -0.3 is 10.6 Å². The van der Waals surface area contributed by atoms with Crippen LogP contribution in [0.1, 0.15) is 34.1 Å². The van der Waals surface area contributed by atoms with Crippen molar-refractivity contribution in [3.8, 4) is 0 Å². The number of rotatable bonds is 9. The molecular weight excluding hydrogens is 420 g/mol. The summed E-state index contributed by atoms with van der Waals surface area (Å²) < 4.78 is 53.6. The Bertz CT molecular complexity index is 947. The second-order valence-electron chi connectivity index (χ2n) is 6.60. The van der Waals surface area contributed by atoms with Gasteiger partial charge in [0.15, 0.2) is 0 Å². The van der Waals surface area contributed by atoms with Crippen molar-refractivity contribution in [1.82, 2.24) is 10.6 Å². The highest BCUT2D eigenvalue weighted by Crippen LogP contribution is 2.12. The van der Waals surface area contributed by atoms with Crippen molar-refractivity contribution in [2.24, 2.45) is 5.92 Å². The molecule has 0 saturated carbocycles. The van der Waals surface area contributed by atoms with Gasteiger partial charge in [-0.05, 0) is 48.7 Å². The third kappa shape index (κ3) is 6.21. The number of halogens is 4. The molecule has 0 aliphatic rings. The van der Waals surface area contributed by atoms with E-state index < -0.39 is 63.7 Å². The molecule has 2 rings (SSSR count). The Morgan fingerprint density at radius 2 is 1.13 bits per heavy atom. The van der Waals surface area contributed by atoms with Crippen LogP contribution < -0.4 is 10.6 Å². The first-order chi connectivity index (χ1) is 14.6. The largest absolute Gasteiger partial charge is 0.349 e. The van der Waals surface area contributed by atoms with Crippen molar-refractivity contribution in [2.75, 3.05) is 13.1 Å². The van der Waals surface area contributed by atoms with Gasteiger partial charge in [0.2, 0.25) is 0 Å². The number of hydrogen-bond acceptors (Lipinski definition) is 4. The predicted octanol–water partition coefficient (Wildman–Crippen LogP) is 2.57. The predicted molar refractivity (Wildman–Crippen MR) is 101 cm³/mol. The molecule has 10 heteroatoms. The zero-order valence-electron chi connectivity index (χ0n) is 16.3. The summed E-state index contributed by atoms with van der Waals surface area (Å²) in [5.74, 6) is -9.20. The average molecular weight is 438 g/mol. The molecule has 0 aliphatic carbocycles. The number of amides is 2. The number of nitrogens with one attached hydrogen (secondary N) is 2. The lowest BCUT2D eigenvalue weighted by Gasteiger charge is -2.16. The Labute approximate surface area is 174 Å². The maximum absolute atomic E-state index is 13.6. The molecule has 31 heavy (non-hydrogen) atoms. The molecular formula is C21H18F4N2O4. The summed E-state index contributed by atoms with van der Waals surface area (Å²) in [5.41, 5.74) is -1.44. The summed E-state index contributed by atoms with van der Waals surface area (Å²) in [7, 11) is 0. The van der Waals surface area contributed by atoms with Crippen molar-refractivity contribution < 1.29 is 36.7 Å². The molecule has 0 aliphatic heterocycles. The van der Waals surface area contributed by atoms with Gasteiger partial charge in [-0.15, -0.1) is 0 Å². The summed E-state index contributed by atoms with van der Waals surface area (Å²) in [6, 6.07) is 4.25. The lowest BCUT2D eigenvalue weighted by atomic mass is 10.1. The molecule has 0 atom stereocenters. The van der Waals surface area contributed by atoms with Crippen molar-refractivity contribution in [2.45, 2.75) is 13.3 Å². The molecule has 0 saturated heterocycles. The van der Waals surface area contributed by atoms with Crippen LogP contribution in [0.4, 0.5) is 17.6 Å². The first kappa shape index (κ1) is 23.7. The van der Waals surface area contributed by atoms with E-state index in [2.05, 4.69) is 10.6 Å². The normalized spacial score (nSPS) is 10.6. The molecule has 0 radical (unpaired) electrons. The van der Waals surface area contributed by atoms with Crippen molar-refractivity contribution >= 4 is 23.4 Å². The SMILES string of the molecule is CCC(CNC(=O)C(=O)c1cc(F)ccc1F)CNC(=O)C(=O)c1cc(F)ccc1F. The van der Waals surface area contributed by atoms with E-state index in [1.165, 1.54) is 0 Å².